The Kier molecular flexibility index (Phi) is 4.02. The van der Waals surface area contributed by atoms with Crippen molar-refractivity contribution in [2.75, 3.05) is 11.1 Å². The van der Waals surface area contributed by atoms with Crippen molar-refractivity contribution < 1.29 is 13.2 Å². The second kappa shape index (κ2) is 5.59. The number of nitrogen functional groups attached to an aromatic ring is 1. The molecule has 0 radical (unpaired) electrons. The predicted molar refractivity (Wildman–Crippen MR) is 74.9 cm³/mol. The first-order chi connectivity index (χ1) is 9.79. The number of anilines is 3. The monoisotopic (exact) mass is 296 g/mol. The van der Waals surface area contributed by atoms with E-state index in [1.54, 1.807) is 6.92 Å². The van der Waals surface area contributed by atoms with Gasteiger partial charge in [-0.2, -0.15) is 0 Å². The SMILES string of the molecule is Cc1c(N)nc(C(C)C)nc1Nc1c(F)cc(F)cc1F. The van der Waals surface area contributed by atoms with Crippen LogP contribution in [-0.2, 0) is 0 Å². The van der Waals surface area contributed by atoms with Gasteiger partial charge in [0.15, 0.2) is 11.6 Å². The fourth-order valence-corrected chi connectivity index (χ4v) is 1.71. The molecular formula is C14H15F3N4. The third-order valence-corrected chi connectivity index (χ3v) is 2.97. The van der Waals surface area contributed by atoms with Gasteiger partial charge in [0.2, 0.25) is 0 Å². The first-order valence-corrected chi connectivity index (χ1v) is 6.35. The topological polar surface area (TPSA) is 63.8 Å². The van der Waals surface area contributed by atoms with Gasteiger partial charge in [-0.1, -0.05) is 13.8 Å². The lowest BCUT2D eigenvalue weighted by atomic mass is 10.2. The standard InChI is InChI=1S/C14H15F3N4/c1-6(2)13-20-12(18)7(3)14(21-13)19-11-9(16)4-8(15)5-10(11)17/h4-6H,1-3H3,(H3,18,19,20,21). The maximum atomic E-state index is 13.7. The summed E-state index contributed by atoms with van der Waals surface area (Å²) in [5.41, 5.74) is 5.76. The summed E-state index contributed by atoms with van der Waals surface area (Å²) in [4.78, 5) is 8.32. The van der Waals surface area contributed by atoms with Gasteiger partial charge in [0.1, 0.15) is 29.0 Å². The summed E-state index contributed by atoms with van der Waals surface area (Å²) < 4.78 is 40.2. The molecule has 0 aliphatic rings. The summed E-state index contributed by atoms with van der Waals surface area (Å²) in [6, 6.07) is 1.18. The van der Waals surface area contributed by atoms with Crippen molar-refractivity contribution in [2.24, 2.45) is 0 Å². The third-order valence-electron chi connectivity index (χ3n) is 2.97. The van der Waals surface area contributed by atoms with E-state index in [4.69, 9.17) is 5.73 Å². The summed E-state index contributed by atoms with van der Waals surface area (Å²) in [5, 5.41) is 2.52. The maximum absolute atomic E-state index is 13.7. The Bertz CT molecular complexity index is 663. The van der Waals surface area contributed by atoms with E-state index in [9.17, 15) is 13.2 Å². The van der Waals surface area contributed by atoms with Crippen LogP contribution >= 0.6 is 0 Å². The third kappa shape index (κ3) is 3.07. The molecule has 2 aromatic rings. The number of aromatic nitrogens is 2. The molecule has 1 aromatic heterocycles. The van der Waals surface area contributed by atoms with E-state index in [0.717, 1.165) is 0 Å². The molecule has 3 N–H and O–H groups in total. The van der Waals surface area contributed by atoms with Gasteiger partial charge in [0.05, 0.1) is 0 Å². The normalized spacial score (nSPS) is 11.0. The Morgan fingerprint density at radius 3 is 2.19 bits per heavy atom. The summed E-state index contributed by atoms with van der Waals surface area (Å²) >= 11 is 0. The van der Waals surface area contributed by atoms with Crippen LogP contribution in [0.1, 0.15) is 31.2 Å². The number of halogens is 3. The smallest absolute Gasteiger partial charge is 0.152 e. The van der Waals surface area contributed by atoms with Crippen molar-refractivity contribution in [1.29, 1.82) is 0 Å². The van der Waals surface area contributed by atoms with Gasteiger partial charge in [-0.3, -0.25) is 0 Å². The molecule has 112 valence electrons. The lowest BCUT2D eigenvalue weighted by Gasteiger charge is -2.14. The number of nitrogens with zero attached hydrogens (tertiary/aromatic N) is 2. The van der Waals surface area contributed by atoms with Gasteiger partial charge >= 0.3 is 0 Å². The first-order valence-electron chi connectivity index (χ1n) is 6.35. The Morgan fingerprint density at radius 1 is 1.10 bits per heavy atom. The highest BCUT2D eigenvalue weighted by Crippen LogP contribution is 2.27. The van der Waals surface area contributed by atoms with Crippen molar-refractivity contribution in [1.82, 2.24) is 9.97 Å². The van der Waals surface area contributed by atoms with Crippen LogP contribution in [0, 0.1) is 24.4 Å². The summed E-state index contributed by atoms with van der Waals surface area (Å²) in [5.74, 6) is -2.22. The molecule has 0 bridgehead atoms. The molecule has 2 rings (SSSR count). The molecule has 0 saturated carbocycles. The zero-order valence-corrected chi connectivity index (χ0v) is 11.8. The zero-order chi connectivity index (χ0) is 15.7. The van der Waals surface area contributed by atoms with Crippen molar-refractivity contribution in [2.45, 2.75) is 26.7 Å². The van der Waals surface area contributed by atoms with E-state index in [-0.39, 0.29) is 17.6 Å². The fraction of sp³-hybridized carbons (Fsp3) is 0.286. The molecule has 4 nitrogen and oxygen atoms in total. The quantitative estimate of drug-likeness (QED) is 0.907. The van der Waals surface area contributed by atoms with Crippen LogP contribution in [-0.4, -0.2) is 9.97 Å². The van der Waals surface area contributed by atoms with Crippen LogP contribution in [0.15, 0.2) is 12.1 Å². The molecule has 21 heavy (non-hydrogen) atoms. The second-order valence-electron chi connectivity index (χ2n) is 4.96. The summed E-state index contributed by atoms with van der Waals surface area (Å²) in [7, 11) is 0. The molecule has 0 aliphatic heterocycles. The van der Waals surface area contributed by atoms with Crippen molar-refractivity contribution in [3.05, 3.63) is 41.0 Å². The Labute approximate surface area is 120 Å². The number of nitrogens with one attached hydrogen (secondary N) is 1. The predicted octanol–water partition coefficient (Wildman–Crippen LogP) is 3.65. The number of benzene rings is 1. The van der Waals surface area contributed by atoms with Crippen LogP contribution in [0.4, 0.5) is 30.5 Å². The van der Waals surface area contributed by atoms with E-state index < -0.39 is 23.1 Å². The molecule has 0 fully saturated rings. The van der Waals surface area contributed by atoms with Crippen molar-refractivity contribution in [3.63, 3.8) is 0 Å². The highest BCUT2D eigenvalue weighted by atomic mass is 19.1. The number of hydrogen-bond acceptors (Lipinski definition) is 4. The van der Waals surface area contributed by atoms with Gasteiger partial charge in [-0.05, 0) is 6.92 Å². The van der Waals surface area contributed by atoms with Gasteiger partial charge in [-0.25, -0.2) is 23.1 Å². The largest absolute Gasteiger partial charge is 0.383 e. The molecule has 0 spiro atoms. The van der Waals surface area contributed by atoms with Gasteiger partial charge in [0.25, 0.3) is 0 Å². The van der Waals surface area contributed by atoms with E-state index in [1.165, 1.54) is 0 Å². The van der Waals surface area contributed by atoms with Crippen LogP contribution in [0.2, 0.25) is 0 Å². The van der Waals surface area contributed by atoms with E-state index in [1.807, 2.05) is 13.8 Å². The lowest BCUT2D eigenvalue weighted by molar-refractivity contribution is 0.548. The van der Waals surface area contributed by atoms with Gasteiger partial charge in [-0.15, -0.1) is 0 Å². The van der Waals surface area contributed by atoms with Crippen molar-refractivity contribution >= 4 is 17.3 Å². The van der Waals surface area contributed by atoms with Crippen LogP contribution in [0.25, 0.3) is 0 Å². The molecule has 7 heteroatoms. The Hall–Kier alpha value is -2.31. The van der Waals surface area contributed by atoms with Crippen LogP contribution in [0.5, 0.6) is 0 Å². The van der Waals surface area contributed by atoms with Crippen LogP contribution < -0.4 is 11.1 Å². The first kappa shape index (κ1) is 15.1. The molecule has 1 heterocycles. The molecule has 1 aromatic carbocycles. The molecule has 0 aliphatic carbocycles. The second-order valence-corrected chi connectivity index (χ2v) is 4.96. The van der Waals surface area contributed by atoms with Crippen LogP contribution in [0.3, 0.4) is 0 Å². The average molecular weight is 296 g/mol. The Morgan fingerprint density at radius 2 is 1.67 bits per heavy atom. The van der Waals surface area contributed by atoms with Crippen molar-refractivity contribution in [3.8, 4) is 0 Å². The van der Waals surface area contributed by atoms with E-state index >= 15 is 0 Å². The highest BCUT2D eigenvalue weighted by molar-refractivity contribution is 5.64. The Balaban J connectivity index is 2.49. The molecule has 0 unspecified atom stereocenters. The van der Waals surface area contributed by atoms with E-state index in [0.29, 0.717) is 23.5 Å². The maximum Gasteiger partial charge on any atom is 0.152 e. The van der Waals surface area contributed by atoms with E-state index in [2.05, 4.69) is 15.3 Å². The fourth-order valence-electron chi connectivity index (χ4n) is 1.71. The molecular weight excluding hydrogens is 281 g/mol. The molecule has 0 saturated heterocycles. The number of rotatable bonds is 3. The average Bonchev–Trinajstić information content (AvgIpc) is 2.37. The van der Waals surface area contributed by atoms with Gasteiger partial charge < -0.3 is 11.1 Å². The number of nitrogens with two attached hydrogens (primary N) is 1. The lowest BCUT2D eigenvalue weighted by Crippen LogP contribution is -2.09. The zero-order valence-electron chi connectivity index (χ0n) is 11.8. The number of hydrogen-bond donors (Lipinski definition) is 2. The highest BCUT2D eigenvalue weighted by Gasteiger charge is 2.16. The minimum Gasteiger partial charge on any atom is -0.383 e. The minimum atomic E-state index is -1.05. The summed E-state index contributed by atoms with van der Waals surface area (Å²) in [6.07, 6.45) is 0. The summed E-state index contributed by atoms with van der Waals surface area (Å²) in [6.45, 7) is 5.36. The minimum absolute atomic E-state index is 0.00337. The molecule has 0 atom stereocenters. The molecule has 0 amide bonds. The van der Waals surface area contributed by atoms with Gasteiger partial charge in [0, 0.05) is 23.6 Å².